The van der Waals surface area contributed by atoms with Crippen molar-refractivity contribution in [2.24, 2.45) is 0 Å². The van der Waals surface area contributed by atoms with Crippen LogP contribution in [0.4, 0.5) is 11.5 Å². The van der Waals surface area contributed by atoms with Crippen molar-refractivity contribution in [3.63, 3.8) is 0 Å². The highest BCUT2D eigenvalue weighted by atomic mass is 15.2. The average molecular weight is 235 g/mol. The lowest BCUT2D eigenvalue weighted by Crippen LogP contribution is -2.14. The van der Waals surface area contributed by atoms with Crippen molar-refractivity contribution in [2.45, 2.75) is 0 Å². The minimum atomic E-state index is 0.417. The fourth-order valence-electron chi connectivity index (χ4n) is 1.63. The number of aromatic nitrogens is 2. The maximum atomic E-state index is 9.06. The number of hydrogen-bond acceptors (Lipinski definition) is 5. The number of rotatable bonds is 2. The summed E-state index contributed by atoms with van der Waals surface area (Å²) in [6, 6.07) is 12.9. The Morgan fingerprint density at radius 1 is 1.06 bits per heavy atom. The summed E-state index contributed by atoms with van der Waals surface area (Å²) < 4.78 is 0. The first-order chi connectivity index (χ1) is 8.77. The summed E-state index contributed by atoms with van der Waals surface area (Å²) in [6.45, 7) is 0. The van der Waals surface area contributed by atoms with Gasteiger partial charge in [0.25, 0.3) is 0 Å². The number of hydrogen-bond donors (Lipinski definition) is 0. The molecule has 0 saturated carbocycles. The molecule has 0 radical (unpaired) electrons. The van der Waals surface area contributed by atoms with Crippen LogP contribution in [0.25, 0.3) is 0 Å². The van der Waals surface area contributed by atoms with Gasteiger partial charge in [0.1, 0.15) is 12.1 Å². The van der Waals surface area contributed by atoms with E-state index >= 15 is 0 Å². The monoisotopic (exact) mass is 235 g/mol. The maximum absolute atomic E-state index is 9.06. The highest BCUT2D eigenvalue weighted by Gasteiger charge is 2.13. The molecular weight excluding hydrogens is 226 g/mol. The Bertz CT molecular complexity index is 593. The van der Waals surface area contributed by atoms with Gasteiger partial charge in [-0.25, -0.2) is 0 Å². The number of nitriles is 2. The summed E-state index contributed by atoms with van der Waals surface area (Å²) in [4.78, 5) is 1.68. The van der Waals surface area contributed by atoms with Crippen molar-refractivity contribution in [1.29, 1.82) is 10.5 Å². The molecule has 0 aliphatic rings. The van der Waals surface area contributed by atoms with Crippen LogP contribution in [0.5, 0.6) is 0 Å². The first-order valence-corrected chi connectivity index (χ1v) is 5.22. The van der Waals surface area contributed by atoms with Crippen LogP contribution in [0.2, 0.25) is 0 Å². The highest BCUT2D eigenvalue weighted by Crippen LogP contribution is 2.26. The molecule has 0 aliphatic carbocycles. The third-order valence-corrected chi connectivity index (χ3v) is 2.53. The second-order valence-corrected chi connectivity index (χ2v) is 3.57. The van der Waals surface area contributed by atoms with Gasteiger partial charge in [-0.2, -0.15) is 15.6 Å². The molecule has 0 spiro atoms. The second-order valence-electron chi connectivity index (χ2n) is 3.57. The van der Waals surface area contributed by atoms with Crippen LogP contribution in [0.1, 0.15) is 11.1 Å². The van der Waals surface area contributed by atoms with E-state index in [1.165, 1.54) is 6.20 Å². The average Bonchev–Trinajstić information content (AvgIpc) is 2.46. The highest BCUT2D eigenvalue weighted by molar-refractivity contribution is 5.69. The first kappa shape index (κ1) is 11.6. The zero-order valence-electron chi connectivity index (χ0n) is 9.70. The molecule has 0 bridgehead atoms. The molecule has 0 unspecified atom stereocenters. The van der Waals surface area contributed by atoms with Crippen molar-refractivity contribution >= 4 is 11.5 Å². The molecule has 2 rings (SSSR count). The number of benzene rings is 1. The fourth-order valence-corrected chi connectivity index (χ4v) is 1.63. The minimum Gasteiger partial charge on any atom is -0.326 e. The molecule has 0 aliphatic heterocycles. The summed E-state index contributed by atoms with van der Waals surface area (Å²) in [5.41, 5.74) is 1.63. The van der Waals surface area contributed by atoms with Gasteiger partial charge in [-0.05, 0) is 18.2 Å². The normalized spacial score (nSPS) is 9.28. The number of nitrogens with zero attached hydrogens (tertiary/aromatic N) is 5. The lowest BCUT2D eigenvalue weighted by atomic mass is 10.1. The molecule has 0 saturated heterocycles. The van der Waals surface area contributed by atoms with E-state index in [4.69, 9.17) is 10.5 Å². The van der Waals surface area contributed by atoms with Gasteiger partial charge in [0.15, 0.2) is 5.82 Å². The third-order valence-electron chi connectivity index (χ3n) is 2.53. The Morgan fingerprint density at radius 3 is 2.50 bits per heavy atom. The molecule has 18 heavy (non-hydrogen) atoms. The molecule has 5 heteroatoms. The van der Waals surface area contributed by atoms with Gasteiger partial charge in [-0.3, -0.25) is 0 Å². The smallest absolute Gasteiger partial charge is 0.173 e. The predicted octanol–water partition coefficient (Wildman–Crippen LogP) is 1.99. The summed E-state index contributed by atoms with van der Waals surface area (Å²) in [7, 11) is 1.75. The topological polar surface area (TPSA) is 76.6 Å². The molecule has 1 aromatic heterocycles. The van der Waals surface area contributed by atoms with Gasteiger partial charge < -0.3 is 4.90 Å². The van der Waals surface area contributed by atoms with Crippen molar-refractivity contribution in [1.82, 2.24) is 10.2 Å². The Hall–Kier alpha value is -2.92. The van der Waals surface area contributed by atoms with E-state index in [0.717, 1.165) is 0 Å². The molecule has 0 amide bonds. The van der Waals surface area contributed by atoms with Gasteiger partial charge in [0, 0.05) is 7.05 Å². The van der Waals surface area contributed by atoms with E-state index in [2.05, 4.69) is 22.3 Å². The van der Waals surface area contributed by atoms with Gasteiger partial charge in [0.2, 0.25) is 0 Å². The van der Waals surface area contributed by atoms with E-state index in [-0.39, 0.29) is 0 Å². The van der Waals surface area contributed by atoms with E-state index in [0.29, 0.717) is 22.6 Å². The van der Waals surface area contributed by atoms with Crippen LogP contribution in [0.3, 0.4) is 0 Å². The lowest BCUT2D eigenvalue weighted by molar-refractivity contribution is 0.980. The zero-order valence-corrected chi connectivity index (χ0v) is 9.70. The summed E-state index contributed by atoms with van der Waals surface area (Å²) >= 11 is 0. The summed E-state index contributed by atoms with van der Waals surface area (Å²) in [5.74, 6) is 0.433. The van der Waals surface area contributed by atoms with E-state index in [9.17, 15) is 0 Å². The molecule has 2 aromatic rings. The number of anilines is 2. The summed E-state index contributed by atoms with van der Waals surface area (Å²) in [6.07, 6.45) is 1.46. The molecule has 0 fully saturated rings. The molecule has 5 nitrogen and oxygen atoms in total. The van der Waals surface area contributed by atoms with Gasteiger partial charge >= 0.3 is 0 Å². The first-order valence-electron chi connectivity index (χ1n) is 5.22. The van der Waals surface area contributed by atoms with E-state index in [1.807, 2.05) is 6.07 Å². The quantitative estimate of drug-likeness (QED) is 0.795. The van der Waals surface area contributed by atoms with Crippen LogP contribution in [-0.4, -0.2) is 17.2 Å². The second kappa shape index (κ2) is 4.94. The predicted molar refractivity (Wildman–Crippen MR) is 66.0 cm³/mol. The molecular formula is C13H9N5. The SMILES string of the molecule is CN(c1ccccc1C#N)c1nnccc1C#N. The standard InChI is InChI=1S/C13H9N5/c1-18(12-5-3-2-4-10(12)8-14)13-11(9-15)6-7-16-17-13/h2-7H,1H3. The van der Waals surface area contributed by atoms with Crippen LogP contribution in [0.15, 0.2) is 36.5 Å². The van der Waals surface area contributed by atoms with Crippen molar-refractivity contribution in [2.75, 3.05) is 11.9 Å². The molecule has 0 N–H and O–H groups in total. The Balaban J connectivity index is 2.53. The van der Waals surface area contributed by atoms with Crippen molar-refractivity contribution in [3.05, 3.63) is 47.7 Å². The fraction of sp³-hybridized carbons (Fsp3) is 0.0769. The number of para-hydroxylation sites is 1. The zero-order chi connectivity index (χ0) is 13.0. The Labute approximate surface area is 105 Å². The van der Waals surface area contributed by atoms with E-state index in [1.54, 1.807) is 36.2 Å². The third kappa shape index (κ3) is 1.98. The van der Waals surface area contributed by atoms with Crippen LogP contribution in [-0.2, 0) is 0 Å². The van der Waals surface area contributed by atoms with Crippen LogP contribution < -0.4 is 4.90 Å². The van der Waals surface area contributed by atoms with Gasteiger partial charge in [-0.1, -0.05) is 12.1 Å². The largest absolute Gasteiger partial charge is 0.326 e. The van der Waals surface area contributed by atoms with Gasteiger partial charge in [0.05, 0.1) is 23.0 Å². The maximum Gasteiger partial charge on any atom is 0.173 e. The van der Waals surface area contributed by atoms with Crippen LogP contribution in [0, 0.1) is 22.7 Å². The van der Waals surface area contributed by atoms with Crippen LogP contribution >= 0.6 is 0 Å². The van der Waals surface area contributed by atoms with Crippen molar-refractivity contribution < 1.29 is 0 Å². The lowest BCUT2D eigenvalue weighted by Gasteiger charge is -2.19. The Morgan fingerprint density at radius 2 is 1.78 bits per heavy atom. The van der Waals surface area contributed by atoms with Gasteiger partial charge in [-0.15, -0.1) is 5.10 Å². The molecule has 1 heterocycles. The summed E-state index contributed by atoms with van der Waals surface area (Å²) in [5, 5.41) is 25.8. The molecule has 0 atom stereocenters. The van der Waals surface area contributed by atoms with E-state index < -0.39 is 0 Å². The minimum absolute atomic E-state index is 0.417. The van der Waals surface area contributed by atoms with Crippen molar-refractivity contribution in [3.8, 4) is 12.1 Å². The molecule has 86 valence electrons. The molecule has 1 aromatic carbocycles. The Kier molecular flexibility index (Phi) is 3.17.